The molecule has 0 spiro atoms. The Balaban J connectivity index is 0.00000417. The normalized spacial score (nSPS) is 20.7. The second-order valence-electron chi connectivity index (χ2n) is 11.7. The van der Waals surface area contributed by atoms with Gasteiger partial charge in [-0.1, -0.05) is 18.2 Å². The van der Waals surface area contributed by atoms with Gasteiger partial charge in [-0.05, 0) is 31.2 Å². The van der Waals surface area contributed by atoms with Crippen LogP contribution in [0.3, 0.4) is 0 Å². The monoisotopic (exact) mass is 698 g/mol. The minimum Gasteiger partial charge on any atom is -0.350 e. The molecular formula is C31H35ClF4N6O2S2. The van der Waals surface area contributed by atoms with E-state index in [1.54, 1.807) is 20.4 Å². The summed E-state index contributed by atoms with van der Waals surface area (Å²) in [7, 11) is 0. The van der Waals surface area contributed by atoms with Crippen molar-refractivity contribution in [1.29, 1.82) is 0 Å². The highest BCUT2D eigenvalue weighted by atomic mass is 35.5. The lowest BCUT2D eigenvalue weighted by atomic mass is 10.0. The van der Waals surface area contributed by atoms with E-state index in [4.69, 9.17) is 11.6 Å². The van der Waals surface area contributed by atoms with Gasteiger partial charge in [0.1, 0.15) is 17.5 Å². The highest BCUT2D eigenvalue weighted by molar-refractivity contribution is 7.99. The summed E-state index contributed by atoms with van der Waals surface area (Å²) in [5, 5.41) is 0.862. The summed E-state index contributed by atoms with van der Waals surface area (Å²) in [6.45, 7) is 9.20. The zero-order chi connectivity index (χ0) is 32.0. The van der Waals surface area contributed by atoms with Crippen molar-refractivity contribution in [3.8, 4) is 11.1 Å². The van der Waals surface area contributed by atoms with Crippen molar-refractivity contribution >= 4 is 59.5 Å². The maximum absolute atomic E-state index is 15.2. The number of hydrogen-bond acceptors (Lipinski definition) is 7. The van der Waals surface area contributed by atoms with Gasteiger partial charge in [-0.2, -0.15) is 18.5 Å². The van der Waals surface area contributed by atoms with Gasteiger partial charge < -0.3 is 9.80 Å². The van der Waals surface area contributed by atoms with E-state index in [1.165, 1.54) is 30.0 Å². The minimum atomic E-state index is -2.39. The standard InChI is InChI=1S/C31H33ClF4N6O2S.H2S/c1-3-26(43)40-10-11-41(18(2)14-40)30-22-13-23(32)27(21-5-4-19(33)12-24(21)34)29-28(22)42(31(44)37-30)20(17-45-29)15-38-6-8-39(9-7-38)16-25(35)36;/h3-5,12-13,18,20,25H,1,6-11,14-17H2,2H3;1H2/t18-,20-;/m0./s1. The molecule has 46 heavy (non-hydrogen) atoms. The molecule has 248 valence electrons. The number of halogens is 5. The molecule has 1 amide bonds. The molecular weight excluding hydrogens is 664 g/mol. The van der Waals surface area contributed by atoms with E-state index < -0.39 is 23.7 Å². The summed E-state index contributed by atoms with van der Waals surface area (Å²) in [5.41, 5.74) is 0.611. The van der Waals surface area contributed by atoms with Crippen molar-refractivity contribution in [3.63, 3.8) is 0 Å². The summed E-state index contributed by atoms with van der Waals surface area (Å²) in [5.74, 6) is -0.753. The Kier molecular flexibility index (Phi) is 10.6. The Morgan fingerprint density at radius 2 is 1.85 bits per heavy atom. The van der Waals surface area contributed by atoms with Crippen LogP contribution < -0.4 is 10.6 Å². The zero-order valence-corrected chi connectivity index (χ0v) is 27.8. The molecule has 0 unspecified atom stereocenters. The first-order valence-corrected chi connectivity index (χ1v) is 16.2. The molecule has 0 N–H and O–H groups in total. The lowest BCUT2D eigenvalue weighted by Gasteiger charge is -2.41. The van der Waals surface area contributed by atoms with Crippen LogP contribution in [-0.2, 0) is 4.79 Å². The number of piperazine rings is 2. The summed E-state index contributed by atoms with van der Waals surface area (Å²) < 4.78 is 56.5. The Morgan fingerprint density at radius 3 is 2.50 bits per heavy atom. The molecule has 2 fully saturated rings. The molecule has 0 bridgehead atoms. The van der Waals surface area contributed by atoms with Crippen molar-refractivity contribution in [2.45, 2.75) is 30.3 Å². The van der Waals surface area contributed by atoms with Crippen LogP contribution in [-0.4, -0.2) is 107 Å². The number of benzene rings is 2. The third-order valence-electron chi connectivity index (χ3n) is 8.80. The predicted octanol–water partition coefficient (Wildman–Crippen LogP) is 4.86. The number of aromatic nitrogens is 2. The number of carbonyl (C=O) groups excluding carboxylic acids is 1. The maximum Gasteiger partial charge on any atom is 0.350 e. The number of hydrogen-bond donors (Lipinski definition) is 0. The summed E-state index contributed by atoms with van der Waals surface area (Å²) in [4.78, 5) is 39.0. The van der Waals surface area contributed by atoms with Crippen LogP contribution >= 0.6 is 36.9 Å². The first-order chi connectivity index (χ1) is 21.5. The van der Waals surface area contributed by atoms with Crippen LogP contribution in [0.15, 0.2) is 46.6 Å². The molecule has 0 aliphatic carbocycles. The van der Waals surface area contributed by atoms with E-state index >= 15 is 4.39 Å². The van der Waals surface area contributed by atoms with Crippen LogP contribution in [0.1, 0.15) is 13.0 Å². The first-order valence-electron chi connectivity index (χ1n) is 14.8. The predicted molar refractivity (Wildman–Crippen MR) is 179 cm³/mol. The molecule has 0 radical (unpaired) electrons. The second kappa shape index (κ2) is 14.1. The molecule has 1 aromatic heterocycles. The number of anilines is 1. The van der Waals surface area contributed by atoms with Crippen molar-refractivity contribution < 1.29 is 22.4 Å². The molecule has 6 rings (SSSR count). The molecule has 3 aliphatic heterocycles. The van der Waals surface area contributed by atoms with Gasteiger partial charge in [-0.15, -0.1) is 11.8 Å². The molecule has 0 saturated carbocycles. The first kappa shape index (κ1) is 34.6. The van der Waals surface area contributed by atoms with Crippen LogP contribution in [0, 0.1) is 11.6 Å². The topological polar surface area (TPSA) is 64.9 Å². The Bertz CT molecular complexity index is 1700. The van der Waals surface area contributed by atoms with Crippen molar-refractivity contribution in [3.05, 3.63) is 64.1 Å². The third-order valence-corrected chi connectivity index (χ3v) is 10.3. The van der Waals surface area contributed by atoms with Crippen LogP contribution in [0.25, 0.3) is 22.0 Å². The largest absolute Gasteiger partial charge is 0.350 e. The number of amides is 1. The molecule has 2 aromatic carbocycles. The number of rotatable bonds is 7. The van der Waals surface area contributed by atoms with E-state index in [9.17, 15) is 22.8 Å². The summed E-state index contributed by atoms with van der Waals surface area (Å²) in [6.07, 6.45) is -1.11. The van der Waals surface area contributed by atoms with Gasteiger partial charge in [0.15, 0.2) is 0 Å². The maximum atomic E-state index is 15.2. The lowest BCUT2D eigenvalue weighted by molar-refractivity contribution is -0.126. The molecule has 2 saturated heterocycles. The van der Waals surface area contributed by atoms with Gasteiger partial charge in [-0.3, -0.25) is 19.2 Å². The lowest BCUT2D eigenvalue weighted by Crippen LogP contribution is -2.54. The van der Waals surface area contributed by atoms with E-state index in [-0.39, 0.29) is 48.6 Å². The number of nitrogens with zero attached hydrogens (tertiary/aromatic N) is 6. The Morgan fingerprint density at radius 1 is 1.13 bits per heavy atom. The zero-order valence-electron chi connectivity index (χ0n) is 25.2. The molecule has 4 heterocycles. The van der Waals surface area contributed by atoms with Gasteiger partial charge in [0.25, 0.3) is 6.43 Å². The van der Waals surface area contributed by atoms with Crippen molar-refractivity contribution in [2.24, 2.45) is 0 Å². The van der Waals surface area contributed by atoms with Gasteiger partial charge in [0.2, 0.25) is 5.91 Å². The van der Waals surface area contributed by atoms with E-state index in [0.29, 0.717) is 85.3 Å². The molecule has 8 nitrogen and oxygen atoms in total. The molecule has 2 atom stereocenters. The average Bonchev–Trinajstić information content (AvgIpc) is 3.00. The number of thioether (sulfide) groups is 1. The Hall–Kier alpha value is -2.78. The number of carbonyl (C=O) groups is 1. The second-order valence-corrected chi connectivity index (χ2v) is 13.1. The van der Waals surface area contributed by atoms with Gasteiger partial charge in [0, 0.05) is 91.6 Å². The summed E-state index contributed by atoms with van der Waals surface area (Å²) in [6, 6.07) is 4.54. The van der Waals surface area contributed by atoms with Crippen LogP contribution in [0.4, 0.5) is 23.4 Å². The molecule has 3 aliphatic rings. The summed E-state index contributed by atoms with van der Waals surface area (Å²) >= 11 is 8.34. The fourth-order valence-corrected chi connectivity index (χ4v) is 8.29. The van der Waals surface area contributed by atoms with E-state index in [1.807, 2.05) is 11.8 Å². The Labute approximate surface area is 280 Å². The number of alkyl halides is 2. The highest BCUT2D eigenvalue weighted by Gasteiger charge is 2.35. The smallest absolute Gasteiger partial charge is 0.350 e. The van der Waals surface area contributed by atoms with Gasteiger partial charge >= 0.3 is 5.69 Å². The quantitative estimate of drug-likeness (QED) is 0.258. The highest BCUT2D eigenvalue weighted by Crippen LogP contribution is 2.48. The van der Waals surface area contributed by atoms with Crippen molar-refractivity contribution in [1.82, 2.24) is 24.3 Å². The fourth-order valence-electron chi connectivity index (χ4n) is 6.61. The van der Waals surface area contributed by atoms with E-state index in [2.05, 4.69) is 16.5 Å². The SMILES string of the molecule is C=CC(=O)N1CCN(c2nc(=O)n3c4c(c(-c5ccc(F)cc5F)c(Cl)cc24)SC[C@@H]3CN2CCN(CC(F)F)CC2)[C@@H](C)C1.S. The molecule has 15 heteroatoms. The van der Waals surface area contributed by atoms with E-state index in [0.717, 1.165) is 6.07 Å². The average molecular weight is 699 g/mol. The van der Waals surface area contributed by atoms with Crippen LogP contribution in [0.2, 0.25) is 5.02 Å². The molecule has 3 aromatic rings. The van der Waals surface area contributed by atoms with Crippen molar-refractivity contribution in [2.75, 3.05) is 69.6 Å². The minimum absolute atomic E-state index is 0. The van der Waals surface area contributed by atoms with Gasteiger partial charge in [-0.25, -0.2) is 22.4 Å². The third kappa shape index (κ3) is 6.64. The van der Waals surface area contributed by atoms with Crippen LogP contribution in [0.5, 0.6) is 0 Å². The van der Waals surface area contributed by atoms with Gasteiger partial charge in [0.05, 0.1) is 23.1 Å². The fraction of sp³-hybridized carbons (Fsp3) is 0.452.